The van der Waals surface area contributed by atoms with Gasteiger partial charge in [-0.2, -0.15) is 0 Å². The van der Waals surface area contributed by atoms with Crippen molar-refractivity contribution in [2.45, 2.75) is 32.9 Å². The lowest BCUT2D eigenvalue weighted by molar-refractivity contribution is -0.157. The second-order valence-electron chi connectivity index (χ2n) is 10.2. The van der Waals surface area contributed by atoms with Crippen LogP contribution < -0.4 is 10.5 Å². The van der Waals surface area contributed by atoms with Crippen LogP contribution in [0.1, 0.15) is 36.7 Å². The number of benzene rings is 4. The molecular weight excluding hydrogens is 476 g/mol. The minimum absolute atomic E-state index is 0.251. The predicted octanol–water partition coefficient (Wildman–Crippen LogP) is 6.33. The highest BCUT2D eigenvalue weighted by Gasteiger charge is 2.22. The van der Waals surface area contributed by atoms with Gasteiger partial charge in [0.15, 0.2) is 6.61 Å². The molecule has 0 radical (unpaired) electrons. The van der Waals surface area contributed by atoms with Crippen LogP contribution in [0, 0.1) is 0 Å². The van der Waals surface area contributed by atoms with E-state index in [4.69, 9.17) is 15.2 Å². The number of ether oxygens (including phenoxy) is 2. The van der Waals surface area contributed by atoms with E-state index in [1.807, 2.05) is 75.4 Å². The van der Waals surface area contributed by atoms with Crippen LogP contribution in [-0.4, -0.2) is 28.7 Å². The number of fused-ring (bicyclic) bond motifs is 3. The van der Waals surface area contributed by atoms with Gasteiger partial charge in [0.25, 0.3) is 0 Å². The van der Waals surface area contributed by atoms with E-state index < -0.39 is 17.5 Å². The summed E-state index contributed by atoms with van der Waals surface area (Å²) in [4.78, 5) is 24.9. The number of hydrogen-bond donors (Lipinski definition) is 1. The van der Waals surface area contributed by atoms with Gasteiger partial charge in [-0.25, -0.2) is 4.79 Å². The first-order valence-electron chi connectivity index (χ1n) is 12.5. The predicted molar refractivity (Wildman–Crippen MR) is 150 cm³/mol. The Morgan fingerprint density at radius 2 is 1.45 bits per heavy atom. The third kappa shape index (κ3) is 4.98. The summed E-state index contributed by atoms with van der Waals surface area (Å²) >= 11 is 0. The maximum absolute atomic E-state index is 12.5. The molecular formula is C32H30N2O4. The fraction of sp³-hybridized carbons (Fsp3) is 0.188. The van der Waals surface area contributed by atoms with Gasteiger partial charge in [0.1, 0.15) is 11.4 Å². The Kier molecular flexibility index (Phi) is 6.64. The SMILES string of the molecule is CC(C)(C)OC(=O)COc1cccc2c1c1c(C(N)=O)cccc1n2Cc1ccccc1-c1ccccc1. The van der Waals surface area contributed by atoms with Crippen molar-refractivity contribution in [1.82, 2.24) is 4.57 Å². The molecule has 0 saturated heterocycles. The molecule has 0 unspecified atom stereocenters. The summed E-state index contributed by atoms with van der Waals surface area (Å²) in [6.45, 7) is 5.74. The van der Waals surface area contributed by atoms with E-state index in [-0.39, 0.29) is 6.61 Å². The van der Waals surface area contributed by atoms with Crippen molar-refractivity contribution in [2.24, 2.45) is 5.73 Å². The Labute approximate surface area is 221 Å². The van der Waals surface area contributed by atoms with Crippen LogP contribution in [0.15, 0.2) is 91.0 Å². The van der Waals surface area contributed by atoms with E-state index in [1.54, 1.807) is 12.1 Å². The molecule has 1 amide bonds. The molecule has 0 spiro atoms. The van der Waals surface area contributed by atoms with Crippen LogP contribution in [-0.2, 0) is 16.1 Å². The average Bonchev–Trinajstić information content (AvgIpc) is 3.21. The van der Waals surface area contributed by atoms with E-state index in [1.165, 1.54) is 0 Å². The normalized spacial score (nSPS) is 11.6. The number of primary amides is 1. The highest BCUT2D eigenvalue weighted by molar-refractivity contribution is 6.19. The Morgan fingerprint density at radius 3 is 2.16 bits per heavy atom. The molecule has 1 aromatic heterocycles. The second kappa shape index (κ2) is 10.1. The largest absolute Gasteiger partial charge is 0.481 e. The number of nitrogens with zero attached hydrogens (tertiary/aromatic N) is 1. The van der Waals surface area contributed by atoms with Crippen molar-refractivity contribution < 1.29 is 19.1 Å². The van der Waals surface area contributed by atoms with Crippen molar-refractivity contribution in [3.63, 3.8) is 0 Å². The first-order valence-corrected chi connectivity index (χ1v) is 12.5. The van der Waals surface area contributed by atoms with Gasteiger partial charge in [-0.15, -0.1) is 0 Å². The zero-order valence-electron chi connectivity index (χ0n) is 21.7. The van der Waals surface area contributed by atoms with Crippen molar-refractivity contribution in [3.8, 4) is 16.9 Å². The summed E-state index contributed by atoms with van der Waals surface area (Å²) in [5, 5.41) is 1.43. The molecule has 192 valence electrons. The van der Waals surface area contributed by atoms with Gasteiger partial charge in [0.05, 0.1) is 16.4 Å². The smallest absolute Gasteiger partial charge is 0.344 e. The van der Waals surface area contributed by atoms with Crippen molar-refractivity contribution in [3.05, 3.63) is 102 Å². The number of esters is 1. The molecule has 6 nitrogen and oxygen atoms in total. The maximum atomic E-state index is 12.5. The number of aromatic nitrogens is 1. The zero-order valence-corrected chi connectivity index (χ0v) is 21.7. The Hall–Kier alpha value is -4.58. The van der Waals surface area contributed by atoms with Gasteiger partial charge in [0.2, 0.25) is 5.91 Å². The molecule has 2 N–H and O–H groups in total. The zero-order chi connectivity index (χ0) is 26.9. The minimum atomic E-state index is -0.617. The lowest BCUT2D eigenvalue weighted by Crippen LogP contribution is -2.27. The van der Waals surface area contributed by atoms with Crippen LogP contribution in [0.2, 0.25) is 0 Å². The van der Waals surface area contributed by atoms with Crippen LogP contribution in [0.4, 0.5) is 0 Å². The number of amides is 1. The van der Waals surface area contributed by atoms with Crippen LogP contribution in [0.25, 0.3) is 32.9 Å². The fourth-order valence-corrected chi connectivity index (χ4v) is 4.88. The van der Waals surface area contributed by atoms with Crippen LogP contribution >= 0.6 is 0 Å². The van der Waals surface area contributed by atoms with Gasteiger partial charge >= 0.3 is 5.97 Å². The van der Waals surface area contributed by atoms with Crippen LogP contribution in [0.3, 0.4) is 0 Å². The number of nitrogens with two attached hydrogens (primary N) is 1. The number of carbonyl (C=O) groups is 2. The summed E-state index contributed by atoms with van der Waals surface area (Å²) in [5.74, 6) is -0.506. The maximum Gasteiger partial charge on any atom is 0.344 e. The summed E-state index contributed by atoms with van der Waals surface area (Å²) in [6.07, 6.45) is 0. The first kappa shape index (κ1) is 25.1. The molecule has 5 rings (SSSR count). The molecule has 0 atom stereocenters. The van der Waals surface area contributed by atoms with Crippen LogP contribution in [0.5, 0.6) is 5.75 Å². The number of rotatable bonds is 7. The molecule has 0 aliphatic carbocycles. The topological polar surface area (TPSA) is 83.6 Å². The van der Waals surface area contributed by atoms with Gasteiger partial charge in [-0.3, -0.25) is 4.79 Å². The standard InChI is InChI=1S/C32H30N2O4/c1-32(2,3)38-28(35)20-37-27-18-10-17-26-30(27)29-24(31(33)36)15-9-16-25(29)34(26)19-22-13-7-8-14-23(22)21-11-5-4-6-12-21/h4-18H,19-20H2,1-3H3,(H2,33,36). The first-order chi connectivity index (χ1) is 18.2. The second-order valence-corrected chi connectivity index (χ2v) is 10.2. The van der Waals surface area contributed by atoms with Gasteiger partial charge in [-0.1, -0.05) is 66.7 Å². The highest BCUT2D eigenvalue weighted by atomic mass is 16.6. The summed E-state index contributed by atoms with van der Waals surface area (Å²) < 4.78 is 13.6. The highest BCUT2D eigenvalue weighted by Crippen LogP contribution is 2.39. The molecule has 1 heterocycles. The fourth-order valence-electron chi connectivity index (χ4n) is 4.88. The molecule has 0 aliphatic heterocycles. The van der Waals surface area contributed by atoms with Gasteiger partial charge in [0, 0.05) is 17.5 Å². The quantitative estimate of drug-likeness (QED) is 0.262. The lowest BCUT2D eigenvalue weighted by atomic mass is 9.99. The van der Waals surface area contributed by atoms with Crippen molar-refractivity contribution in [1.29, 1.82) is 0 Å². The average molecular weight is 507 g/mol. The Bertz CT molecular complexity index is 1650. The third-order valence-corrected chi connectivity index (χ3v) is 6.34. The Morgan fingerprint density at radius 1 is 0.789 bits per heavy atom. The molecule has 5 aromatic rings. The van der Waals surface area contributed by atoms with Gasteiger partial charge in [-0.05, 0) is 61.7 Å². The molecule has 0 aliphatic rings. The van der Waals surface area contributed by atoms with E-state index >= 15 is 0 Å². The summed E-state index contributed by atoms with van der Waals surface area (Å²) in [7, 11) is 0. The minimum Gasteiger partial charge on any atom is -0.481 e. The van der Waals surface area contributed by atoms with Crippen molar-refractivity contribution in [2.75, 3.05) is 6.61 Å². The molecule has 4 aromatic carbocycles. The van der Waals surface area contributed by atoms with E-state index in [9.17, 15) is 9.59 Å². The monoisotopic (exact) mass is 506 g/mol. The Balaban J connectivity index is 1.66. The molecule has 6 heteroatoms. The molecule has 0 bridgehead atoms. The molecule has 0 fully saturated rings. The lowest BCUT2D eigenvalue weighted by Gasteiger charge is -2.19. The van der Waals surface area contributed by atoms with Crippen molar-refractivity contribution >= 4 is 33.7 Å². The molecule has 0 saturated carbocycles. The molecule has 38 heavy (non-hydrogen) atoms. The van der Waals surface area contributed by atoms with E-state index in [0.717, 1.165) is 33.1 Å². The summed E-state index contributed by atoms with van der Waals surface area (Å²) in [6, 6.07) is 29.7. The van der Waals surface area contributed by atoms with Gasteiger partial charge < -0.3 is 19.8 Å². The third-order valence-electron chi connectivity index (χ3n) is 6.34. The number of hydrogen-bond acceptors (Lipinski definition) is 4. The van der Waals surface area contributed by atoms with E-state index in [2.05, 4.69) is 28.8 Å². The van der Waals surface area contributed by atoms with E-state index in [0.29, 0.717) is 23.2 Å². The summed E-state index contributed by atoms with van der Waals surface area (Å²) in [5.41, 5.74) is 10.7. The number of carbonyl (C=O) groups excluding carboxylic acids is 2.